The summed E-state index contributed by atoms with van der Waals surface area (Å²) in [6, 6.07) is 8.85. The Morgan fingerprint density at radius 3 is 2.43 bits per heavy atom. The minimum Gasteiger partial charge on any atom is -0.487 e. The van der Waals surface area contributed by atoms with Crippen molar-refractivity contribution in [1.82, 2.24) is 5.32 Å². The number of rotatable bonds is 4. The van der Waals surface area contributed by atoms with Gasteiger partial charge in [0.2, 0.25) is 0 Å². The van der Waals surface area contributed by atoms with E-state index in [1.54, 1.807) is 0 Å². The zero-order valence-corrected chi connectivity index (χ0v) is 14.3. The summed E-state index contributed by atoms with van der Waals surface area (Å²) in [4.78, 5) is 0. The molecule has 3 rings (SSSR count). The van der Waals surface area contributed by atoms with Crippen LogP contribution in [0.1, 0.15) is 63.4 Å². The van der Waals surface area contributed by atoms with E-state index in [2.05, 4.69) is 18.3 Å². The fraction of sp³-hybridized carbons (Fsp3) is 0.700. The Morgan fingerprint density at radius 2 is 1.70 bits per heavy atom. The minimum absolute atomic E-state index is 0.0897. The first-order valence-electron chi connectivity index (χ1n) is 9.40. The molecule has 3 nitrogen and oxygen atoms in total. The summed E-state index contributed by atoms with van der Waals surface area (Å²) < 4.78 is 6.15. The second-order valence-electron chi connectivity index (χ2n) is 7.30. The lowest BCUT2D eigenvalue weighted by Crippen LogP contribution is -2.53. The summed E-state index contributed by atoms with van der Waals surface area (Å²) in [5.74, 6) is 0.909. The van der Waals surface area contributed by atoms with Crippen LogP contribution in [-0.4, -0.2) is 29.4 Å². The Labute approximate surface area is 140 Å². The first kappa shape index (κ1) is 16.8. The van der Waals surface area contributed by atoms with E-state index in [4.69, 9.17) is 4.74 Å². The molecule has 0 heterocycles. The third kappa shape index (κ3) is 4.48. The Balaban J connectivity index is 1.59. The standard InChI is InChI=1S/C20H31NO2/c1-15-9-6-7-13-18(15)23-19-14-8-12-17(20(19)22)21-16-10-4-2-3-5-11-16/h6-7,9,13,16-17,19-22H,2-5,8,10-12,14H2,1H3/t17-,19+,20+/m0/s1. The van der Waals surface area contributed by atoms with Crippen molar-refractivity contribution in [3.05, 3.63) is 29.8 Å². The molecule has 0 unspecified atom stereocenters. The monoisotopic (exact) mass is 317 g/mol. The summed E-state index contributed by atoms with van der Waals surface area (Å²) >= 11 is 0. The van der Waals surface area contributed by atoms with Gasteiger partial charge in [-0.25, -0.2) is 0 Å². The summed E-state index contributed by atoms with van der Waals surface area (Å²) in [6.07, 6.45) is 10.5. The molecule has 0 spiro atoms. The van der Waals surface area contributed by atoms with Crippen LogP contribution in [0.3, 0.4) is 0 Å². The van der Waals surface area contributed by atoms with Crippen molar-refractivity contribution < 1.29 is 9.84 Å². The predicted octanol–water partition coefficient (Wildman–Crippen LogP) is 3.97. The van der Waals surface area contributed by atoms with Crippen molar-refractivity contribution in [3.8, 4) is 5.75 Å². The Morgan fingerprint density at radius 1 is 0.957 bits per heavy atom. The quantitative estimate of drug-likeness (QED) is 0.826. The van der Waals surface area contributed by atoms with Gasteiger partial charge in [0.25, 0.3) is 0 Å². The molecule has 3 atom stereocenters. The average molecular weight is 317 g/mol. The second kappa shape index (κ2) is 8.16. The molecule has 1 aromatic rings. The Hall–Kier alpha value is -1.06. The first-order chi connectivity index (χ1) is 11.2. The Bertz CT molecular complexity index is 482. The van der Waals surface area contributed by atoms with E-state index in [0.717, 1.165) is 30.6 Å². The lowest BCUT2D eigenvalue weighted by atomic mass is 9.88. The number of para-hydroxylation sites is 1. The number of aryl methyl sites for hydroxylation is 1. The molecule has 2 aliphatic carbocycles. The van der Waals surface area contributed by atoms with Crippen LogP contribution < -0.4 is 10.1 Å². The van der Waals surface area contributed by atoms with Crippen molar-refractivity contribution in [1.29, 1.82) is 0 Å². The van der Waals surface area contributed by atoms with E-state index in [9.17, 15) is 5.11 Å². The number of hydrogen-bond acceptors (Lipinski definition) is 3. The van der Waals surface area contributed by atoms with Crippen LogP contribution in [0.2, 0.25) is 0 Å². The third-order valence-electron chi connectivity index (χ3n) is 5.47. The highest BCUT2D eigenvalue weighted by atomic mass is 16.5. The molecule has 0 amide bonds. The van der Waals surface area contributed by atoms with Crippen LogP contribution in [0, 0.1) is 6.92 Å². The number of aliphatic hydroxyl groups excluding tert-OH is 1. The molecule has 2 saturated carbocycles. The number of nitrogens with one attached hydrogen (secondary N) is 1. The van der Waals surface area contributed by atoms with Gasteiger partial charge in [-0.05, 0) is 50.7 Å². The molecule has 0 bridgehead atoms. The van der Waals surface area contributed by atoms with Crippen molar-refractivity contribution in [2.45, 2.75) is 89.0 Å². The van der Waals surface area contributed by atoms with Crippen molar-refractivity contribution in [3.63, 3.8) is 0 Å². The van der Waals surface area contributed by atoms with E-state index in [0.29, 0.717) is 6.04 Å². The molecular formula is C20H31NO2. The molecule has 23 heavy (non-hydrogen) atoms. The van der Waals surface area contributed by atoms with Gasteiger partial charge in [0, 0.05) is 12.1 Å². The molecular weight excluding hydrogens is 286 g/mol. The number of benzene rings is 1. The molecule has 3 heteroatoms. The van der Waals surface area contributed by atoms with Crippen LogP contribution in [0.25, 0.3) is 0 Å². The van der Waals surface area contributed by atoms with Crippen molar-refractivity contribution in [2.24, 2.45) is 0 Å². The highest BCUT2D eigenvalue weighted by Crippen LogP contribution is 2.27. The molecule has 2 fully saturated rings. The van der Waals surface area contributed by atoms with Crippen molar-refractivity contribution in [2.75, 3.05) is 0 Å². The average Bonchev–Trinajstić information content (AvgIpc) is 2.82. The zero-order chi connectivity index (χ0) is 16.1. The Kier molecular flexibility index (Phi) is 5.96. The minimum atomic E-state index is -0.411. The third-order valence-corrected chi connectivity index (χ3v) is 5.47. The molecule has 2 N–H and O–H groups in total. The van der Waals surface area contributed by atoms with Gasteiger partial charge in [0.05, 0.1) is 0 Å². The second-order valence-corrected chi connectivity index (χ2v) is 7.30. The van der Waals surface area contributed by atoms with Crippen LogP contribution in [0.4, 0.5) is 0 Å². The van der Waals surface area contributed by atoms with Crippen LogP contribution in [-0.2, 0) is 0 Å². The largest absolute Gasteiger partial charge is 0.487 e. The van der Waals surface area contributed by atoms with Gasteiger partial charge in [-0.1, -0.05) is 43.9 Å². The van der Waals surface area contributed by atoms with Crippen molar-refractivity contribution >= 4 is 0 Å². The predicted molar refractivity (Wildman–Crippen MR) is 93.9 cm³/mol. The first-order valence-corrected chi connectivity index (χ1v) is 9.40. The maximum atomic E-state index is 10.8. The normalized spacial score (nSPS) is 29.9. The van der Waals surface area contributed by atoms with Gasteiger partial charge >= 0.3 is 0 Å². The van der Waals surface area contributed by atoms with Gasteiger partial charge in [0.1, 0.15) is 18.0 Å². The molecule has 0 aliphatic heterocycles. The number of aliphatic hydroxyl groups is 1. The van der Waals surface area contributed by atoms with E-state index in [1.807, 2.05) is 18.2 Å². The molecule has 0 saturated heterocycles. The van der Waals surface area contributed by atoms with Gasteiger partial charge < -0.3 is 15.2 Å². The topological polar surface area (TPSA) is 41.5 Å². The lowest BCUT2D eigenvalue weighted by molar-refractivity contribution is -0.0187. The van der Waals surface area contributed by atoms with Crippen LogP contribution in [0.5, 0.6) is 5.75 Å². The summed E-state index contributed by atoms with van der Waals surface area (Å²) in [5.41, 5.74) is 1.14. The van der Waals surface area contributed by atoms with Gasteiger partial charge in [0.15, 0.2) is 0 Å². The van der Waals surface area contributed by atoms with Crippen LogP contribution in [0.15, 0.2) is 24.3 Å². The van der Waals surface area contributed by atoms with Crippen LogP contribution >= 0.6 is 0 Å². The van der Waals surface area contributed by atoms with Gasteiger partial charge in [-0.15, -0.1) is 0 Å². The van der Waals surface area contributed by atoms with E-state index in [-0.39, 0.29) is 12.1 Å². The lowest BCUT2D eigenvalue weighted by Gasteiger charge is -2.37. The highest BCUT2D eigenvalue weighted by molar-refractivity contribution is 5.32. The van der Waals surface area contributed by atoms with E-state index in [1.165, 1.54) is 38.5 Å². The van der Waals surface area contributed by atoms with E-state index < -0.39 is 6.10 Å². The smallest absolute Gasteiger partial charge is 0.126 e. The maximum Gasteiger partial charge on any atom is 0.126 e. The molecule has 0 aromatic heterocycles. The number of ether oxygens (including phenoxy) is 1. The molecule has 2 aliphatic rings. The molecule has 1 aromatic carbocycles. The summed E-state index contributed by atoms with van der Waals surface area (Å²) in [6.45, 7) is 2.06. The summed E-state index contributed by atoms with van der Waals surface area (Å²) in [5, 5.41) is 14.5. The molecule has 128 valence electrons. The van der Waals surface area contributed by atoms with E-state index >= 15 is 0 Å². The summed E-state index contributed by atoms with van der Waals surface area (Å²) in [7, 11) is 0. The molecule has 0 radical (unpaired) electrons. The fourth-order valence-electron chi connectivity index (χ4n) is 4.05. The fourth-order valence-corrected chi connectivity index (χ4v) is 4.05. The SMILES string of the molecule is Cc1ccccc1O[C@@H]1CCC[C@H](NC2CCCCCC2)[C@H]1O. The zero-order valence-electron chi connectivity index (χ0n) is 14.3. The maximum absolute atomic E-state index is 10.8. The number of hydrogen-bond donors (Lipinski definition) is 2. The highest BCUT2D eigenvalue weighted by Gasteiger charge is 2.34. The van der Waals surface area contributed by atoms with Gasteiger partial charge in [-0.2, -0.15) is 0 Å². The van der Waals surface area contributed by atoms with Gasteiger partial charge in [-0.3, -0.25) is 0 Å².